The van der Waals surface area contributed by atoms with E-state index in [1.54, 1.807) is 20.8 Å². The van der Waals surface area contributed by atoms with Crippen LogP contribution >= 0.6 is 0 Å². The Balaban J connectivity index is 3.10. The summed E-state index contributed by atoms with van der Waals surface area (Å²) in [5.41, 5.74) is -1.38. The molecule has 1 aromatic rings. The van der Waals surface area contributed by atoms with Gasteiger partial charge in [0.05, 0.1) is 4.92 Å². The van der Waals surface area contributed by atoms with Crippen LogP contribution in [0.1, 0.15) is 32.4 Å². The van der Waals surface area contributed by atoms with E-state index in [1.807, 2.05) is 0 Å². The zero-order valence-corrected chi connectivity index (χ0v) is 11.8. The minimum absolute atomic E-state index is 0.0535. The molecule has 0 aromatic heterocycles. The molecule has 7 nitrogen and oxygen atoms in total. The summed E-state index contributed by atoms with van der Waals surface area (Å²) >= 11 is 0. The Bertz CT molecular complexity index is 556. The number of aliphatic hydroxyl groups is 1. The highest BCUT2D eigenvalue weighted by molar-refractivity contribution is 5.74. The highest BCUT2D eigenvalue weighted by Crippen LogP contribution is 2.24. The van der Waals surface area contributed by atoms with E-state index >= 15 is 0 Å². The molecule has 0 radical (unpaired) electrons. The van der Waals surface area contributed by atoms with Crippen molar-refractivity contribution in [3.63, 3.8) is 0 Å². The van der Waals surface area contributed by atoms with E-state index < -0.39 is 40.1 Å². The fourth-order valence-corrected chi connectivity index (χ4v) is 1.79. The lowest BCUT2D eigenvalue weighted by Gasteiger charge is -2.29. The summed E-state index contributed by atoms with van der Waals surface area (Å²) in [4.78, 5) is 20.9. The largest absolute Gasteiger partial charge is 0.480 e. The highest BCUT2D eigenvalue weighted by atomic mass is 19.1. The van der Waals surface area contributed by atoms with Crippen LogP contribution in [0.2, 0.25) is 0 Å². The lowest BCUT2D eigenvalue weighted by atomic mass is 9.98. The fourth-order valence-electron chi connectivity index (χ4n) is 1.79. The van der Waals surface area contributed by atoms with Gasteiger partial charge in [0.2, 0.25) is 5.82 Å². The molecule has 8 heteroatoms. The molecule has 0 aliphatic heterocycles. The number of nitrogens with zero attached hydrogens (tertiary/aromatic N) is 1. The predicted molar refractivity (Wildman–Crippen MR) is 72.3 cm³/mol. The average Bonchev–Trinajstić information content (AvgIpc) is 2.33. The summed E-state index contributed by atoms with van der Waals surface area (Å²) in [6, 6.07) is 1.42. The molecule has 0 amide bonds. The zero-order chi connectivity index (χ0) is 16.4. The van der Waals surface area contributed by atoms with Crippen LogP contribution in [-0.2, 0) is 4.79 Å². The van der Waals surface area contributed by atoms with Crippen molar-refractivity contribution >= 4 is 11.7 Å². The van der Waals surface area contributed by atoms with Gasteiger partial charge in [-0.25, -0.2) is 0 Å². The summed E-state index contributed by atoms with van der Waals surface area (Å²) in [6.07, 6.45) is -1.54. The molecule has 1 rings (SSSR count). The molecule has 0 saturated heterocycles. The molecule has 0 aliphatic carbocycles. The highest BCUT2D eigenvalue weighted by Gasteiger charge is 2.32. The number of hydrogen-bond acceptors (Lipinski definition) is 5. The zero-order valence-electron chi connectivity index (χ0n) is 11.8. The van der Waals surface area contributed by atoms with Crippen molar-refractivity contribution in [2.75, 3.05) is 0 Å². The molecule has 0 spiro atoms. The number of nitro benzene ring substituents is 1. The van der Waals surface area contributed by atoms with Gasteiger partial charge >= 0.3 is 11.7 Å². The molecule has 0 heterocycles. The maximum absolute atomic E-state index is 13.5. The van der Waals surface area contributed by atoms with E-state index in [4.69, 9.17) is 5.11 Å². The van der Waals surface area contributed by atoms with Gasteiger partial charge in [-0.1, -0.05) is 0 Å². The summed E-state index contributed by atoms with van der Waals surface area (Å²) in [5, 5.41) is 32.5. The van der Waals surface area contributed by atoms with Crippen LogP contribution in [0.3, 0.4) is 0 Å². The molecule has 3 N–H and O–H groups in total. The van der Waals surface area contributed by atoms with Crippen LogP contribution in [0.25, 0.3) is 0 Å². The summed E-state index contributed by atoms with van der Waals surface area (Å²) in [7, 11) is 0. The molecule has 0 bridgehead atoms. The maximum atomic E-state index is 13.5. The molecule has 0 fully saturated rings. The van der Waals surface area contributed by atoms with Crippen LogP contribution in [0, 0.1) is 15.9 Å². The number of hydrogen-bond donors (Lipinski definition) is 3. The number of nitrogens with one attached hydrogen (secondary N) is 1. The van der Waals surface area contributed by atoms with Crippen LogP contribution < -0.4 is 5.32 Å². The van der Waals surface area contributed by atoms with E-state index in [1.165, 1.54) is 0 Å². The molecule has 116 valence electrons. The quantitative estimate of drug-likeness (QED) is 0.562. The van der Waals surface area contributed by atoms with Gasteiger partial charge in [0.25, 0.3) is 0 Å². The number of aliphatic carboxylic acids is 1. The number of carbonyl (C=O) groups is 1. The molecular weight excluding hydrogens is 283 g/mol. The molecule has 0 aliphatic rings. The second-order valence-electron chi connectivity index (χ2n) is 5.62. The number of carboxylic acid groups (broad SMARTS) is 1. The van der Waals surface area contributed by atoms with Crippen LogP contribution in [0.5, 0.6) is 0 Å². The van der Waals surface area contributed by atoms with Gasteiger partial charge in [-0.2, -0.15) is 4.39 Å². The molecular formula is C13H17FN2O5. The van der Waals surface area contributed by atoms with Gasteiger partial charge in [0.15, 0.2) is 0 Å². The van der Waals surface area contributed by atoms with Crippen molar-refractivity contribution in [3.05, 3.63) is 39.7 Å². The van der Waals surface area contributed by atoms with Crippen molar-refractivity contribution < 1.29 is 24.3 Å². The normalized spacial score (nSPS) is 14.5. The topological polar surface area (TPSA) is 113 Å². The molecule has 21 heavy (non-hydrogen) atoms. The van der Waals surface area contributed by atoms with Gasteiger partial charge in [-0.3, -0.25) is 20.2 Å². The smallest absolute Gasteiger partial charge is 0.323 e. The first kappa shape index (κ1) is 17.0. The van der Waals surface area contributed by atoms with E-state index in [0.717, 1.165) is 18.2 Å². The Morgan fingerprint density at radius 3 is 2.38 bits per heavy atom. The van der Waals surface area contributed by atoms with Crippen molar-refractivity contribution in [2.45, 2.75) is 38.5 Å². The summed E-state index contributed by atoms with van der Waals surface area (Å²) in [5.74, 6) is -2.44. The van der Waals surface area contributed by atoms with Gasteiger partial charge < -0.3 is 10.2 Å². The van der Waals surface area contributed by atoms with E-state index in [9.17, 15) is 24.4 Å². The Hall–Kier alpha value is -2.06. The first-order chi connectivity index (χ1) is 9.53. The van der Waals surface area contributed by atoms with Gasteiger partial charge in [-0.15, -0.1) is 0 Å². The number of carboxylic acids is 1. The fraction of sp³-hybridized carbons (Fsp3) is 0.462. The van der Waals surface area contributed by atoms with Crippen molar-refractivity contribution in [2.24, 2.45) is 0 Å². The number of halogens is 1. The SMILES string of the molecule is CC(C)(C)N[C@H](C(=O)O)[C@H](O)c1ccc([N+](=O)[O-])c(F)c1. The Morgan fingerprint density at radius 1 is 1.43 bits per heavy atom. The minimum Gasteiger partial charge on any atom is -0.480 e. The Morgan fingerprint density at radius 2 is 2.00 bits per heavy atom. The first-order valence-electron chi connectivity index (χ1n) is 6.15. The standard InChI is InChI=1S/C13H17FN2O5/c1-13(2,3)15-10(12(18)19)11(17)7-4-5-9(16(20)21)8(14)6-7/h4-6,10-11,15,17H,1-3H3,(H,18,19)/t10-,11+/m0/s1. The second kappa shape index (κ2) is 6.15. The lowest BCUT2D eigenvalue weighted by molar-refractivity contribution is -0.387. The number of benzene rings is 1. The first-order valence-corrected chi connectivity index (χ1v) is 6.15. The Kier molecular flexibility index (Phi) is 4.97. The van der Waals surface area contributed by atoms with Gasteiger partial charge in [0.1, 0.15) is 12.1 Å². The van der Waals surface area contributed by atoms with E-state index in [0.29, 0.717) is 0 Å². The number of nitro groups is 1. The summed E-state index contributed by atoms with van der Waals surface area (Å²) < 4.78 is 13.5. The molecule has 0 saturated carbocycles. The van der Waals surface area contributed by atoms with Crippen molar-refractivity contribution in [3.8, 4) is 0 Å². The third-order valence-electron chi connectivity index (χ3n) is 2.68. The molecule has 0 unspecified atom stereocenters. The number of aliphatic hydroxyl groups excluding tert-OH is 1. The predicted octanol–water partition coefficient (Wildman–Crippen LogP) is 1.61. The third kappa shape index (κ3) is 4.47. The third-order valence-corrected chi connectivity index (χ3v) is 2.68. The lowest BCUT2D eigenvalue weighted by Crippen LogP contribution is -2.50. The van der Waals surface area contributed by atoms with Gasteiger partial charge in [0, 0.05) is 11.6 Å². The molecule has 2 atom stereocenters. The number of rotatable bonds is 5. The van der Waals surface area contributed by atoms with E-state index in [-0.39, 0.29) is 5.56 Å². The monoisotopic (exact) mass is 300 g/mol. The minimum atomic E-state index is -1.54. The van der Waals surface area contributed by atoms with E-state index in [2.05, 4.69) is 5.32 Å². The molecule has 1 aromatic carbocycles. The van der Waals surface area contributed by atoms with Gasteiger partial charge in [-0.05, 0) is 38.5 Å². The second-order valence-corrected chi connectivity index (χ2v) is 5.62. The van der Waals surface area contributed by atoms with Crippen LogP contribution in [0.4, 0.5) is 10.1 Å². The Labute approximate surface area is 120 Å². The van der Waals surface area contributed by atoms with Crippen LogP contribution in [0.15, 0.2) is 18.2 Å². The average molecular weight is 300 g/mol. The van der Waals surface area contributed by atoms with Crippen LogP contribution in [-0.4, -0.2) is 32.7 Å². The maximum Gasteiger partial charge on any atom is 0.323 e. The van der Waals surface area contributed by atoms with Crippen molar-refractivity contribution in [1.29, 1.82) is 0 Å². The van der Waals surface area contributed by atoms with Crippen molar-refractivity contribution in [1.82, 2.24) is 5.32 Å². The summed E-state index contributed by atoms with van der Waals surface area (Å²) in [6.45, 7) is 5.14.